The highest BCUT2D eigenvalue weighted by atomic mass is 31.1. The zero-order chi connectivity index (χ0) is 23.3. The average molecular weight is 468 g/mol. The Morgan fingerprint density at radius 1 is 0.750 bits per heavy atom. The van der Waals surface area contributed by atoms with Gasteiger partial charge in [0.2, 0.25) is 0 Å². The number of hydrogen-bond donors (Lipinski definition) is 0. The summed E-state index contributed by atoms with van der Waals surface area (Å²) < 4.78 is 87.1. The summed E-state index contributed by atoms with van der Waals surface area (Å²) in [5.41, 5.74) is 0.0378. The molecule has 1 nitrogen and oxygen atoms in total. The first-order valence-electron chi connectivity index (χ1n) is 9.86. The van der Waals surface area contributed by atoms with E-state index in [9.17, 15) is 26.3 Å². The SMILES string of the molecule is Cc1cc(P(c2cc(C)cc(C(F)(F)F)c2)c2cccc3c2OCC3)cc(C(F)(F)F)c1. The van der Waals surface area contributed by atoms with E-state index in [2.05, 4.69) is 0 Å². The van der Waals surface area contributed by atoms with Gasteiger partial charge in [-0.2, -0.15) is 26.3 Å². The molecule has 0 fully saturated rings. The van der Waals surface area contributed by atoms with Crippen molar-refractivity contribution in [1.29, 1.82) is 0 Å². The van der Waals surface area contributed by atoms with Gasteiger partial charge in [0, 0.05) is 11.7 Å². The van der Waals surface area contributed by atoms with Crippen LogP contribution in [0.4, 0.5) is 26.3 Å². The van der Waals surface area contributed by atoms with Crippen LogP contribution < -0.4 is 20.7 Å². The number of ether oxygens (including phenoxy) is 1. The highest BCUT2D eigenvalue weighted by Crippen LogP contribution is 2.42. The molecular formula is C24H19F6OP. The number of rotatable bonds is 3. The number of fused-ring (bicyclic) bond motifs is 1. The van der Waals surface area contributed by atoms with Crippen molar-refractivity contribution < 1.29 is 31.1 Å². The van der Waals surface area contributed by atoms with Gasteiger partial charge in [-0.15, -0.1) is 0 Å². The topological polar surface area (TPSA) is 9.23 Å². The predicted octanol–water partition coefficient (Wildman–Crippen LogP) is 6.03. The third kappa shape index (κ3) is 4.49. The molecule has 0 aromatic heterocycles. The lowest BCUT2D eigenvalue weighted by Gasteiger charge is -2.24. The van der Waals surface area contributed by atoms with Gasteiger partial charge in [0.05, 0.1) is 17.7 Å². The number of halogens is 6. The van der Waals surface area contributed by atoms with Crippen molar-refractivity contribution in [3.8, 4) is 5.75 Å². The summed E-state index contributed by atoms with van der Waals surface area (Å²) in [6.07, 6.45) is -8.49. The van der Waals surface area contributed by atoms with Crippen molar-refractivity contribution >= 4 is 23.8 Å². The third-order valence-corrected chi connectivity index (χ3v) is 7.61. The molecule has 0 radical (unpaired) electrons. The molecule has 0 spiro atoms. The summed E-state index contributed by atoms with van der Waals surface area (Å²) >= 11 is 0. The molecule has 0 N–H and O–H groups in total. The minimum Gasteiger partial charge on any atom is -0.492 e. The van der Waals surface area contributed by atoms with Gasteiger partial charge in [0.15, 0.2) is 0 Å². The largest absolute Gasteiger partial charge is 0.492 e. The van der Waals surface area contributed by atoms with Crippen molar-refractivity contribution in [3.05, 3.63) is 82.4 Å². The number of para-hydroxylation sites is 1. The second-order valence-corrected chi connectivity index (χ2v) is 9.99. The van der Waals surface area contributed by atoms with E-state index in [1.54, 1.807) is 38.1 Å². The molecule has 168 valence electrons. The minimum absolute atomic E-state index is 0.329. The Morgan fingerprint density at radius 3 is 1.78 bits per heavy atom. The normalized spacial score (nSPS) is 13.9. The van der Waals surface area contributed by atoms with Crippen LogP contribution in [0.2, 0.25) is 0 Å². The lowest BCUT2D eigenvalue weighted by molar-refractivity contribution is -0.138. The molecule has 32 heavy (non-hydrogen) atoms. The quantitative estimate of drug-likeness (QED) is 0.337. The summed E-state index contributed by atoms with van der Waals surface area (Å²) in [6.45, 7) is 3.53. The van der Waals surface area contributed by atoms with Gasteiger partial charge in [0.25, 0.3) is 0 Å². The van der Waals surface area contributed by atoms with Crippen LogP contribution >= 0.6 is 7.92 Å². The van der Waals surface area contributed by atoms with E-state index in [1.165, 1.54) is 0 Å². The van der Waals surface area contributed by atoms with Crippen molar-refractivity contribution in [2.24, 2.45) is 0 Å². The molecule has 8 heteroatoms. The zero-order valence-electron chi connectivity index (χ0n) is 17.2. The molecule has 0 saturated heterocycles. The molecule has 0 atom stereocenters. The van der Waals surface area contributed by atoms with Crippen molar-refractivity contribution in [3.63, 3.8) is 0 Å². The zero-order valence-corrected chi connectivity index (χ0v) is 18.1. The van der Waals surface area contributed by atoms with Crippen LogP contribution in [0.15, 0.2) is 54.6 Å². The predicted molar refractivity (Wildman–Crippen MR) is 114 cm³/mol. The lowest BCUT2D eigenvalue weighted by atomic mass is 10.1. The van der Waals surface area contributed by atoms with Gasteiger partial charge in [-0.1, -0.05) is 30.3 Å². The van der Waals surface area contributed by atoms with Gasteiger partial charge in [-0.3, -0.25) is 0 Å². The van der Waals surface area contributed by atoms with Gasteiger partial charge in [-0.25, -0.2) is 0 Å². The molecule has 0 bridgehead atoms. The van der Waals surface area contributed by atoms with Gasteiger partial charge < -0.3 is 4.74 Å². The van der Waals surface area contributed by atoms with Crippen LogP contribution in [0.1, 0.15) is 27.8 Å². The third-order valence-electron chi connectivity index (χ3n) is 5.23. The number of hydrogen-bond acceptors (Lipinski definition) is 1. The van der Waals surface area contributed by atoms with E-state index in [0.717, 1.165) is 29.8 Å². The first kappa shape index (κ1) is 22.7. The van der Waals surface area contributed by atoms with Crippen LogP contribution in [0.25, 0.3) is 0 Å². The first-order valence-corrected chi connectivity index (χ1v) is 11.2. The second kappa shape index (κ2) is 8.11. The summed E-state index contributed by atoms with van der Waals surface area (Å²) in [4.78, 5) is 0. The van der Waals surface area contributed by atoms with E-state index in [1.807, 2.05) is 6.07 Å². The fourth-order valence-corrected chi connectivity index (χ4v) is 6.62. The van der Waals surface area contributed by atoms with Crippen molar-refractivity contribution in [2.45, 2.75) is 32.6 Å². The molecule has 0 amide bonds. The van der Waals surface area contributed by atoms with E-state index >= 15 is 0 Å². The fraction of sp³-hybridized carbons (Fsp3) is 0.250. The van der Waals surface area contributed by atoms with Crippen LogP contribution in [-0.2, 0) is 18.8 Å². The van der Waals surface area contributed by atoms with Gasteiger partial charge >= 0.3 is 12.4 Å². The second-order valence-electron chi connectivity index (χ2n) is 7.81. The van der Waals surface area contributed by atoms with E-state index in [-0.39, 0.29) is 0 Å². The van der Waals surface area contributed by atoms with E-state index < -0.39 is 31.4 Å². The highest BCUT2D eigenvalue weighted by molar-refractivity contribution is 7.80. The number of aryl methyl sites for hydroxylation is 2. The number of alkyl halides is 6. The molecule has 3 aromatic rings. The fourth-order valence-electron chi connectivity index (χ4n) is 3.91. The Bertz CT molecular complexity index is 1100. The lowest BCUT2D eigenvalue weighted by Crippen LogP contribution is -2.25. The first-order chi connectivity index (χ1) is 14.9. The summed E-state index contributed by atoms with van der Waals surface area (Å²) in [6, 6.07) is 12.8. The maximum atomic E-state index is 13.6. The smallest absolute Gasteiger partial charge is 0.416 e. The van der Waals surface area contributed by atoms with Crippen LogP contribution in [0.5, 0.6) is 5.75 Å². The molecule has 1 aliphatic rings. The molecule has 4 rings (SSSR count). The molecule has 0 unspecified atom stereocenters. The molecular weight excluding hydrogens is 449 g/mol. The Labute approximate surface area is 182 Å². The summed E-state index contributed by atoms with van der Waals surface area (Å²) in [5.74, 6) is 0.559. The standard InChI is InChI=1S/C24H19F6OP/c1-14-8-17(23(25,26)27)12-19(10-14)32(21-5-3-4-16-6-7-31-22(16)21)20-11-15(2)9-18(13-20)24(28,29)30/h3-5,8-13H,6-7H2,1-2H3. The molecule has 1 aliphatic heterocycles. The Hall–Kier alpha value is -2.53. The van der Waals surface area contributed by atoms with Crippen LogP contribution in [0.3, 0.4) is 0 Å². The molecule has 0 saturated carbocycles. The van der Waals surface area contributed by atoms with Crippen LogP contribution in [0, 0.1) is 13.8 Å². The van der Waals surface area contributed by atoms with Gasteiger partial charge in [0.1, 0.15) is 5.75 Å². The maximum absolute atomic E-state index is 13.6. The minimum atomic E-state index is -4.57. The molecule has 0 aliphatic carbocycles. The highest BCUT2D eigenvalue weighted by Gasteiger charge is 2.35. The van der Waals surface area contributed by atoms with Crippen LogP contribution in [-0.4, -0.2) is 6.61 Å². The van der Waals surface area contributed by atoms with E-state index in [4.69, 9.17) is 4.74 Å². The summed E-state index contributed by atoms with van der Waals surface area (Å²) in [5, 5.41) is 1.28. The Kier molecular flexibility index (Phi) is 5.74. The molecule has 3 aromatic carbocycles. The van der Waals surface area contributed by atoms with Crippen molar-refractivity contribution in [2.75, 3.05) is 6.61 Å². The van der Waals surface area contributed by atoms with Crippen molar-refractivity contribution in [1.82, 2.24) is 0 Å². The Morgan fingerprint density at radius 2 is 1.28 bits per heavy atom. The average Bonchev–Trinajstić information content (AvgIpc) is 3.16. The Balaban J connectivity index is 2.00. The number of benzene rings is 3. The monoisotopic (exact) mass is 468 g/mol. The maximum Gasteiger partial charge on any atom is 0.416 e. The molecule has 1 heterocycles. The van der Waals surface area contributed by atoms with E-state index in [0.29, 0.717) is 45.8 Å². The summed E-state index contributed by atoms with van der Waals surface area (Å²) in [7, 11) is -1.73. The van der Waals surface area contributed by atoms with Gasteiger partial charge in [-0.05, 0) is 73.3 Å².